The molecule has 1 N–H and O–H groups in total. The van der Waals surface area contributed by atoms with Crippen LogP contribution in [-0.2, 0) is 0 Å². The van der Waals surface area contributed by atoms with E-state index in [1.54, 1.807) is 6.07 Å². The van der Waals surface area contributed by atoms with E-state index >= 15 is 0 Å². The summed E-state index contributed by atoms with van der Waals surface area (Å²) in [7, 11) is 0. The number of piperazine rings is 1. The van der Waals surface area contributed by atoms with Crippen molar-refractivity contribution in [2.75, 3.05) is 32.8 Å². The summed E-state index contributed by atoms with van der Waals surface area (Å²) in [4.78, 5) is 2.50. The van der Waals surface area contributed by atoms with Crippen LogP contribution >= 0.6 is 24.0 Å². The van der Waals surface area contributed by atoms with Crippen LogP contribution < -0.4 is 10.1 Å². The molecule has 0 spiro atoms. The van der Waals surface area contributed by atoms with Crippen LogP contribution in [0.3, 0.4) is 0 Å². The van der Waals surface area contributed by atoms with E-state index in [-0.39, 0.29) is 30.0 Å². The van der Waals surface area contributed by atoms with E-state index < -0.39 is 0 Å². The van der Waals surface area contributed by atoms with Crippen molar-refractivity contribution in [3.63, 3.8) is 0 Å². The summed E-state index contributed by atoms with van der Waals surface area (Å²) in [5.74, 6) is 0.442. The van der Waals surface area contributed by atoms with Gasteiger partial charge in [-0.2, -0.15) is 0 Å². The van der Waals surface area contributed by atoms with Crippen molar-refractivity contribution in [2.45, 2.75) is 38.6 Å². The van der Waals surface area contributed by atoms with Gasteiger partial charge >= 0.3 is 0 Å². The Labute approximate surface area is 155 Å². The van der Waals surface area contributed by atoms with Crippen molar-refractivity contribution in [1.29, 1.82) is 0 Å². The van der Waals surface area contributed by atoms with Crippen LogP contribution in [0, 0.1) is 11.7 Å². The van der Waals surface area contributed by atoms with E-state index in [0.717, 1.165) is 31.7 Å². The lowest BCUT2D eigenvalue weighted by molar-refractivity contribution is 0.125. The van der Waals surface area contributed by atoms with Crippen LogP contribution in [0.4, 0.5) is 4.39 Å². The summed E-state index contributed by atoms with van der Waals surface area (Å²) in [5.41, 5.74) is 1.00. The number of benzene rings is 1. The molecule has 1 aliphatic heterocycles. The summed E-state index contributed by atoms with van der Waals surface area (Å²) < 4.78 is 19.8. The lowest BCUT2D eigenvalue weighted by Gasteiger charge is -2.38. The molecule has 3 nitrogen and oxygen atoms in total. The van der Waals surface area contributed by atoms with Gasteiger partial charge in [0.15, 0.2) is 11.6 Å². The SMILES string of the molecule is CCOc1c(F)cc([C@H](C2CCCC2)N2CCNCC2)cc1Cl.Cl. The Morgan fingerprint density at radius 1 is 1.29 bits per heavy atom. The van der Waals surface area contributed by atoms with E-state index in [1.807, 2.05) is 13.0 Å². The molecule has 6 heteroatoms. The molecular formula is C18H27Cl2FN2O. The number of hydrogen-bond acceptors (Lipinski definition) is 3. The standard InChI is InChI=1S/C18H26ClFN2O.ClH/c1-2-23-18-15(19)11-14(12-16(18)20)17(13-5-3-4-6-13)22-9-7-21-8-10-22;/h11-13,17,21H,2-10H2,1H3;1H/t17-;/m0./s1. The molecule has 1 saturated carbocycles. The van der Waals surface area contributed by atoms with Crippen molar-refractivity contribution < 1.29 is 9.13 Å². The van der Waals surface area contributed by atoms with Gasteiger partial charge in [0.2, 0.25) is 0 Å². The van der Waals surface area contributed by atoms with Gasteiger partial charge < -0.3 is 10.1 Å². The smallest absolute Gasteiger partial charge is 0.173 e. The van der Waals surface area contributed by atoms with Gasteiger partial charge in [-0.1, -0.05) is 24.4 Å². The minimum Gasteiger partial charge on any atom is -0.489 e. The quantitative estimate of drug-likeness (QED) is 0.821. The highest BCUT2D eigenvalue weighted by atomic mass is 35.5. The minimum atomic E-state index is -0.340. The van der Waals surface area contributed by atoms with Crippen LogP contribution in [0.1, 0.15) is 44.2 Å². The van der Waals surface area contributed by atoms with Gasteiger partial charge in [0.25, 0.3) is 0 Å². The second-order valence-electron chi connectivity index (χ2n) is 6.52. The van der Waals surface area contributed by atoms with Crippen molar-refractivity contribution in [2.24, 2.45) is 5.92 Å². The first kappa shape index (κ1) is 19.8. The highest BCUT2D eigenvalue weighted by Gasteiger charge is 2.32. The minimum absolute atomic E-state index is 0. The van der Waals surface area contributed by atoms with Crippen molar-refractivity contribution >= 4 is 24.0 Å². The summed E-state index contributed by atoms with van der Waals surface area (Å²) in [6.07, 6.45) is 5.00. The maximum Gasteiger partial charge on any atom is 0.173 e. The average Bonchev–Trinajstić information content (AvgIpc) is 3.06. The Kier molecular flexibility index (Phi) is 7.60. The van der Waals surface area contributed by atoms with Gasteiger partial charge in [-0.15, -0.1) is 12.4 Å². The molecule has 0 radical (unpaired) electrons. The molecule has 1 heterocycles. The number of hydrogen-bond donors (Lipinski definition) is 1. The molecule has 136 valence electrons. The fraction of sp³-hybridized carbons (Fsp3) is 0.667. The first-order valence-corrected chi connectivity index (χ1v) is 9.15. The first-order chi connectivity index (χ1) is 11.2. The van der Waals surface area contributed by atoms with Crippen LogP contribution in [0.15, 0.2) is 12.1 Å². The maximum absolute atomic E-state index is 14.5. The number of halogens is 3. The van der Waals surface area contributed by atoms with E-state index in [2.05, 4.69) is 10.2 Å². The molecular weight excluding hydrogens is 350 g/mol. The molecule has 0 bridgehead atoms. The second-order valence-corrected chi connectivity index (χ2v) is 6.93. The summed E-state index contributed by atoms with van der Waals surface area (Å²) in [6, 6.07) is 3.82. The normalized spacial score (nSPS) is 20.6. The number of rotatable bonds is 5. The molecule has 1 atom stereocenters. The molecule has 2 fully saturated rings. The molecule has 1 aromatic rings. The van der Waals surface area contributed by atoms with E-state index in [1.165, 1.54) is 25.7 Å². The molecule has 2 aliphatic rings. The zero-order chi connectivity index (χ0) is 16.2. The Balaban J connectivity index is 0.00000208. The van der Waals surface area contributed by atoms with E-state index in [4.69, 9.17) is 16.3 Å². The number of ether oxygens (including phenoxy) is 1. The highest BCUT2D eigenvalue weighted by molar-refractivity contribution is 6.32. The molecule has 24 heavy (non-hydrogen) atoms. The van der Waals surface area contributed by atoms with Crippen molar-refractivity contribution in [1.82, 2.24) is 10.2 Å². The predicted molar refractivity (Wildman–Crippen MR) is 99.0 cm³/mol. The lowest BCUT2D eigenvalue weighted by atomic mass is 9.89. The largest absolute Gasteiger partial charge is 0.489 e. The van der Waals surface area contributed by atoms with E-state index in [0.29, 0.717) is 17.5 Å². The van der Waals surface area contributed by atoms with Crippen LogP contribution in [-0.4, -0.2) is 37.7 Å². The zero-order valence-corrected chi connectivity index (χ0v) is 15.8. The third-order valence-electron chi connectivity index (χ3n) is 5.04. The molecule has 0 amide bonds. The number of nitrogens with one attached hydrogen (secondary N) is 1. The summed E-state index contributed by atoms with van der Waals surface area (Å²) >= 11 is 6.31. The molecule has 0 unspecified atom stereocenters. The topological polar surface area (TPSA) is 24.5 Å². The Bertz CT molecular complexity index is 509. The molecule has 0 aromatic heterocycles. The highest BCUT2D eigenvalue weighted by Crippen LogP contribution is 2.42. The third-order valence-corrected chi connectivity index (χ3v) is 5.32. The lowest BCUT2D eigenvalue weighted by Crippen LogP contribution is -2.46. The zero-order valence-electron chi connectivity index (χ0n) is 14.2. The fourth-order valence-electron chi connectivity index (χ4n) is 4.05. The number of nitrogens with zero attached hydrogens (tertiary/aromatic N) is 1. The van der Waals surface area contributed by atoms with Crippen LogP contribution in [0.5, 0.6) is 5.75 Å². The van der Waals surface area contributed by atoms with Gasteiger partial charge in [-0.3, -0.25) is 4.90 Å². The van der Waals surface area contributed by atoms with E-state index in [9.17, 15) is 4.39 Å². The summed E-state index contributed by atoms with van der Waals surface area (Å²) in [5, 5.41) is 3.79. The Morgan fingerprint density at radius 3 is 2.54 bits per heavy atom. The molecule has 3 rings (SSSR count). The molecule has 1 aromatic carbocycles. The predicted octanol–water partition coefficient (Wildman–Crippen LogP) is 4.44. The fourth-order valence-corrected chi connectivity index (χ4v) is 4.32. The average molecular weight is 377 g/mol. The van der Waals surface area contributed by atoms with Gasteiger partial charge in [-0.25, -0.2) is 4.39 Å². The third kappa shape index (κ3) is 4.34. The summed E-state index contributed by atoms with van der Waals surface area (Å²) in [6.45, 7) is 6.26. The van der Waals surface area contributed by atoms with Crippen molar-refractivity contribution in [3.8, 4) is 5.75 Å². The van der Waals surface area contributed by atoms with Crippen LogP contribution in [0.2, 0.25) is 5.02 Å². The van der Waals surface area contributed by atoms with Gasteiger partial charge in [0, 0.05) is 32.2 Å². The van der Waals surface area contributed by atoms with Gasteiger partial charge in [-0.05, 0) is 43.4 Å². The van der Waals surface area contributed by atoms with Gasteiger partial charge in [0.1, 0.15) is 0 Å². The Morgan fingerprint density at radius 2 is 1.96 bits per heavy atom. The maximum atomic E-state index is 14.5. The molecule has 1 saturated heterocycles. The molecule has 1 aliphatic carbocycles. The Hall–Kier alpha value is -0.550. The van der Waals surface area contributed by atoms with Gasteiger partial charge in [0.05, 0.1) is 11.6 Å². The van der Waals surface area contributed by atoms with Crippen LogP contribution in [0.25, 0.3) is 0 Å². The monoisotopic (exact) mass is 376 g/mol. The first-order valence-electron chi connectivity index (χ1n) is 8.77. The second kappa shape index (κ2) is 9.23. The van der Waals surface area contributed by atoms with Crippen molar-refractivity contribution in [3.05, 3.63) is 28.5 Å².